The van der Waals surface area contributed by atoms with Crippen molar-refractivity contribution in [3.63, 3.8) is 0 Å². The van der Waals surface area contributed by atoms with Gasteiger partial charge >= 0.3 is 0 Å². The lowest BCUT2D eigenvalue weighted by atomic mass is 10.4. The number of fused-ring (bicyclic) bond motifs is 1. The third-order valence-electron chi connectivity index (χ3n) is 3.03. The van der Waals surface area contributed by atoms with Gasteiger partial charge in [0.2, 0.25) is 0 Å². The monoisotopic (exact) mass is 274 g/mol. The fourth-order valence-corrected chi connectivity index (χ4v) is 3.01. The Morgan fingerprint density at radius 1 is 1.53 bits per heavy atom. The van der Waals surface area contributed by atoms with E-state index in [1.54, 1.807) is 28.4 Å². The van der Waals surface area contributed by atoms with Crippen LogP contribution in [0, 0.1) is 0 Å². The summed E-state index contributed by atoms with van der Waals surface area (Å²) < 4.78 is 4.82. The second-order valence-electron chi connectivity index (χ2n) is 4.30. The second kappa shape index (κ2) is 4.55. The summed E-state index contributed by atoms with van der Waals surface area (Å²) in [6.45, 7) is 2.81. The summed E-state index contributed by atoms with van der Waals surface area (Å²) >= 11 is 1.65. The number of rotatable bonds is 3. The molecule has 0 aliphatic heterocycles. The molecule has 1 N–H and O–H groups in total. The number of nitrogens with zero attached hydrogens (tertiary/aromatic N) is 3. The average molecular weight is 274 g/mol. The van der Waals surface area contributed by atoms with Gasteiger partial charge < -0.3 is 9.88 Å². The van der Waals surface area contributed by atoms with Crippen LogP contribution in [-0.4, -0.2) is 20.3 Å². The van der Waals surface area contributed by atoms with Gasteiger partial charge in [0, 0.05) is 19.8 Å². The Morgan fingerprint density at radius 2 is 2.37 bits per heavy atom. The Bertz CT molecular complexity index is 737. The van der Waals surface area contributed by atoms with Crippen molar-refractivity contribution < 1.29 is 4.79 Å². The van der Waals surface area contributed by atoms with Crippen LogP contribution in [-0.2, 0) is 13.6 Å². The highest BCUT2D eigenvalue weighted by molar-refractivity contribution is 7.17. The van der Waals surface area contributed by atoms with E-state index >= 15 is 0 Å². The van der Waals surface area contributed by atoms with E-state index in [2.05, 4.69) is 10.4 Å². The van der Waals surface area contributed by atoms with Gasteiger partial charge in [0.15, 0.2) is 0 Å². The van der Waals surface area contributed by atoms with Gasteiger partial charge in [-0.2, -0.15) is 5.10 Å². The van der Waals surface area contributed by atoms with Crippen molar-refractivity contribution >= 4 is 33.1 Å². The fraction of sp³-hybridized carbons (Fsp3) is 0.231. The highest BCUT2D eigenvalue weighted by atomic mass is 32.1. The number of aryl methyl sites for hydroxylation is 2. The first kappa shape index (κ1) is 12.0. The van der Waals surface area contributed by atoms with Crippen molar-refractivity contribution in [3.8, 4) is 0 Å². The van der Waals surface area contributed by atoms with Crippen molar-refractivity contribution in [1.82, 2.24) is 14.3 Å². The van der Waals surface area contributed by atoms with Crippen LogP contribution in [0.3, 0.4) is 0 Å². The van der Waals surface area contributed by atoms with Gasteiger partial charge in [-0.15, -0.1) is 11.3 Å². The number of anilines is 1. The second-order valence-corrected chi connectivity index (χ2v) is 5.25. The lowest BCUT2D eigenvalue weighted by molar-refractivity contribution is 0.101. The molecule has 3 rings (SSSR count). The smallest absolute Gasteiger partial charge is 0.272 e. The maximum atomic E-state index is 12.3. The van der Waals surface area contributed by atoms with E-state index in [0.29, 0.717) is 11.4 Å². The predicted molar refractivity (Wildman–Crippen MR) is 76.7 cm³/mol. The van der Waals surface area contributed by atoms with E-state index in [4.69, 9.17) is 0 Å². The molecule has 98 valence electrons. The maximum Gasteiger partial charge on any atom is 0.272 e. The van der Waals surface area contributed by atoms with Gasteiger partial charge in [-0.05, 0) is 24.4 Å². The number of amides is 1. The maximum absolute atomic E-state index is 12.3. The van der Waals surface area contributed by atoms with Crippen LogP contribution >= 0.6 is 11.3 Å². The van der Waals surface area contributed by atoms with E-state index in [1.807, 2.05) is 36.1 Å². The first-order chi connectivity index (χ1) is 9.19. The van der Waals surface area contributed by atoms with Crippen LogP contribution in [0.1, 0.15) is 17.4 Å². The molecule has 0 bridgehead atoms. The van der Waals surface area contributed by atoms with Crippen molar-refractivity contribution in [2.24, 2.45) is 7.05 Å². The predicted octanol–water partition coefficient (Wildman–Crippen LogP) is 2.71. The molecule has 0 unspecified atom stereocenters. The van der Waals surface area contributed by atoms with Crippen molar-refractivity contribution in [3.05, 3.63) is 35.6 Å². The number of nitrogens with one attached hydrogen (secondary N) is 1. The van der Waals surface area contributed by atoms with E-state index in [-0.39, 0.29) is 5.91 Å². The van der Waals surface area contributed by atoms with E-state index in [1.165, 1.54) is 0 Å². The molecule has 3 aromatic rings. The van der Waals surface area contributed by atoms with Crippen molar-refractivity contribution in [2.75, 3.05) is 5.32 Å². The quantitative estimate of drug-likeness (QED) is 0.798. The van der Waals surface area contributed by atoms with Crippen LogP contribution in [0.2, 0.25) is 0 Å². The van der Waals surface area contributed by atoms with E-state index in [9.17, 15) is 4.79 Å². The SMILES string of the molecule is CCn1c(C(=O)Nc2cnn(C)c2)cc2sccc21. The molecule has 0 fully saturated rings. The van der Waals surface area contributed by atoms with Gasteiger partial charge in [0.05, 0.1) is 22.1 Å². The minimum Gasteiger partial charge on any atom is -0.336 e. The molecule has 1 amide bonds. The average Bonchev–Trinajstić information content (AvgIpc) is 3.03. The number of carbonyl (C=O) groups excluding carboxylic acids is 1. The molecule has 0 aliphatic rings. The van der Waals surface area contributed by atoms with Crippen LogP contribution in [0.4, 0.5) is 5.69 Å². The molecule has 0 aliphatic carbocycles. The fourth-order valence-electron chi connectivity index (χ4n) is 2.19. The summed E-state index contributed by atoms with van der Waals surface area (Å²) in [6.07, 6.45) is 3.42. The van der Waals surface area contributed by atoms with Crippen LogP contribution in [0.5, 0.6) is 0 Å². The summed E-state index contributed by atoms with van der Waals surface area (Å²) in [6, 6.07) is 3.99. The minimum absolute atomic E-state index is 0.0988. The molecule has 0 radical (unpaired) electrons. The standard InChI is InChI=1S/C13H14N4OS/c1-3-17-10-4-5-19-12(10)6-11(17)13(18)15-9-7-14-16(2)8-9/h4-8H,3H2,1-2H3,(H,15,18). The topological polar surface area (TPSA) is 51.9 Å². The molecule has 5 nitrogen and oxygen atoms in total. The number of hydrogen-bond acceptors (Lipinski definition) is 3. The number of thiophene rings is 1. The first-order valence-electron chi connectivity index (χ1n) is 6.05. The molecule has 0 aromatic carbocycles. The summed E-state index contributed by atoms with van der Waals surface area (Å²) in [5.41, 5.74) is 2.51. The summed E-state index contributed by atoms with van der Waals surface area (Å²) in [5.74, 6) is -0.0988. The molecule has 6 heteroatoms. The Kier molecular flexibility index (Phi) is 2.87. The summed E-state index contributed by atoms with van der Waals surface area (Å²) in [5, 5.41) is 8.94. The molecule has 0 saturated carbocycles. The number of carbonyl (C=O) groups is 1. The first-order valence-corrected chi connectivity index (χ1v) is 6.93. The summed E-state index contributed by atoms with van der Waals surface area (Å²) in [4.78, 5) is 12.3. The molecule has 3 heterocycles. The lowest BCUT2D eigenvalue weighted by Crippen LogP contribution is -2.16. The Morgan fingerprint density at radius 3 is 3.05 bits per heavy atom. The van der Waals surface area contributed by atoms with Crippen LogP contribution < -0.4 is 5.32 Å². The van der Waals surface area contributed by atoms with Gasteiger partial charge in [-0.3, -0.25) is 9.48 Å². The minimum atomic E-state index is -0.0988. The van der Waals surface area contributed by atoms with Crippen LogP contribution in [0.15, 0.2) is 29.9 Å². The molecule has 0 spiro atoms. The Balaban J connectivity index is 1.94. The largest absolute Gasteiger partial charge is 0.336 e. The third-order valence-corrected chi connectivity index (χ3v) is 3.89. The number of aromatic nitrogens is 3. The van der Waals surface area contributed by atoms with Crippen LogP contribution in [0.25, 0.3) is 10.2 Å². The molecular weight excluding hydrogens is 260 g/mol. The highest BCUT2D eigenvalue weighted by Crippen LogP contribution is 2.25. The molecule has 0 saturated heterocycles. The normalized spacial score (nSPS) is 11.1. The highest BCUT2D eigenvalue weighted by Gasteiger charge is 2.15. The molecular formula is C13H14N4OS. The van der Waals surface area contributed by atoms with E-state index < -0.39 is 0 Å². The third kappa shape index (κ3) is 2.04. The van der Waals surface area contributed by atoms with Gasteiger partial charge in [-0.25, -0.2) is 0 Å². The zero-order valence-electron chi connectivity index (χ0n) is 10.8. The zero-order valence-corrected chi connectivity index (χ0v) is 11.6. The number of hydrogen-bond donors (Lipinski definition) is 1. The molecule has 0 atom stereocenters. The van der Waals surface area contributed by atoms with Crippen molar-refractivity contribution in [1.29, 1.82) is 0 Å². The molecule has 3 aromatic heterocycles. The van der Waals surface area contributed by atoms with E-state index in [0.717, 1.165) is 16.8 Å². The zero-order chi connectivity index (χ0) is 13.4. The van der Waals surface area contributed by atoms with Crippen molar-refractivity contribution in [2.45, 2.75) is 13.5 Å². The van der Waals surface area contributed by atoms with Gasteiger partial charge in [-0.1, -0.05) is 0 Å². The lowest BCUT2D eigenvalue weighted by Gasteiger charge is -2.06. The summed E-state index contributed by atoms with van der Waals surface area (Å²) in [7, 11) is 1.82. The van der Waals surface area contributed by atoms with Gasteiger partial charge in [0.25, 0.3) is 5.91 Å². The Labute approximate surface area is 114 Å². The molecule has 19 heavy (non-hydrogen) atoms. The Hall–Kier alpha value is -2.08. The van der Waals surface area contributed by atoms with Gasteiger partial charge in [0.1, 0.15) is 5.69 Å².